The Kier molecular flexibility index (Phi) is 3.15. The monoisotopic (exact) mass is 302 g/mol. The van der Waals surface area contributed by atoms with E-state index in [9.17, 15) is 8.42 Å². The number of nitrogens with two attached hydrogens (primary N) is 1. The Labute approximate surface area is 122 Å². The lowest BCUT2D eigenvalue weighted by atomic mass is 10.2. The molecule has 2 aromatic carbocycles. The maximum absolute atomic E-state index is 12.2. The highest BCUT2D eigenvalue weighted by atomic mass is 32.2. The largest absolute Gasteiger partial charge is 0.399 e. The van der Waals surface area contributed by atoms with E-state index in [1.165, 1.54) is 13.1 Å². The molecule has 0 bridgehead atoms. The van der Waals surface area contributed by atoms with Crippen molar-refractivity contribution in [2.45, 2.75) is 4.90 Å². The molecule has 0 unspecified atom stereocenters. The molecule has 1 heterocycles. The third-order valence-corrected chi connectivity index (χ3v) is 4.69. The van der Waals surface area contributed by atoms with Gasteiger partial charge in [-0.3, -0.25) is 0 Å². The van der Waals surface area contributed by atoms with E-state index in [-0.39, 0.29) is 4.90 Å². The van der Waals surface area contributed by atoms with E-state index in [0.29, 0.717) is 11.4 Å². The molecule has 6 nitrogen and oxygen atoms in total. The zero-order chi connectivity index (χ0) is 15.0. The number of benzene rings is 2. The fraction of sp³-hybridized carbons (Fsp3) is 0.0714. The van der Waals surface area contributed by atoms with Gasteiger partial charge in [-0.1, -0.05) is 18.2 Å². The molecule has 3 aromatic rings. The lowest BCUT2D eigenvalue weighted by molar-refractivity contribution is 0.587. The summed E-state index contributed by atoms with van der Waals surface area (Å²) in [6.07, 6.45) is 1.70. The summed E-state index contributed by atoms with van der Waals surface area (Å²) in [6.45, 7) is 0. The van der Waals surface area contributed by atoms with Crippen LogP contribution >= 0.6 is 0 Å². The summed E-state index contributed by atoms with van der Waals surface area (Å²) in [5, 5.41) is 5.22. The molecular formula is C14H14N4O2S. The van der Waals surface area contributed by atoms with Crippen molar-refractivity contribution in [3.63, 3.8) is 0 Å². The number of nitrogens with zero attached hydrogens (tertiary/aromatic N) is 2. The summed E-state index contributed by atoms with van der Waals surface area (Å²) in [5.41, 5.74) is 7.39. The number of nitrogens with one attached hydrogen (secondary N) is 1. The molecule has 0 atom stereocenters. The first-order chi connectivity index (χ1) is 10.0. The maximum atomic E-state index is 12.2. The second-order valence-electron chi connectivity index (χ2n) is 4.55. The van der Waals surface area contributed by atoms with Crippen LogP contribution in [0.25, 0.3) is 16.6 Å². The predicted octanol–water partition coefficient (Wildman–Crippen LogP) is 1.52. The zero-order valence-electron chi connectivity index (χ0n) is 11.3. The fourth-order valence-electron chi connectivity index (χ4n) is 2.19. The van der Waals surface area contributed by atoms with Gasteiger partial charge in [0, 0.05) is 11.1 Å². The van der Waals surface area contributed by atoms with Gasteiger partial charge in [-0.25, -0.2) is 17.8 Å². The molecule has 0 aliphatic carbocycles. The number of sulfonamides is 1. The normalized spacial score (nSPS) is 11.9. The second-order valence-corrected chi connectivity index (χ2v) is 6.40. The Bertz CT molecular complexity index is 916. The predicted molar refractivity (Wildman–Crippen MR) is 81.7 cm³/mol. The van der Waals surface area contributed by atoms with Gasteiger partial charge < -0.3 is 5.73 Å². The average Bonchev–Trinajstić information content (AvgIpc) is 2.91. The van der Waals surface area contributed by atoms with Gasteiger partial charge in [0.2, 0.25) is 10.0 Å². The van der Waals surface area contributed by atoms with Gasteiger partial charge >= 0.3 is 0 Å². The minimum Gasteiger partial charge on any atom is -0.399 e. The van der Waals surface area contributed by atoms with E-state index in [0.717, 1.165) is 10.9 Å². The Morgan fingerprint density at radius 3 is 2.71 bits per heavy atom. The van der Waals surface area contributed by atoms with Gasteiger partial charge in [0.1, 0.15) is 4.90 Å². The molecule has 0 aliphatic heterocycles. The highest BCUT2D eigenvalue weighted by Crippen LogP contribution is 2.25. The third-order valence-electron chi connectivity index (χ3n) is 3.25. The molecular weight excluding hydrogens is 288 g/mol. The first-order valence-corrected chi connectivity index (χ1v) is 7.77. The minimum absolute atomic E-state index is 0.0962. The first-order valence-electron chi connectivity index (χ1n) is 6.29. The second kappa shape index (κ2) is 4.87. The molecule has 0 saturated heterocycles. The highest BCUT2D eigenvalue weighted by molar-refractivity contribution is 7.89. The van der Waals surface area contributed by atoms with E-state index in [2.05, 4.69) is 9.82 Å². The number of rotatable bonds is 3. The summed E-state index contributed by atoms with van der Waals surface area (Å²) in [4.78, 5) is 0.0962. The number of anilines is 1. The molecule has 108 valence electrons. The molecule has 0 amide bonds. The SMILES string of the molecule is CNS(=O)(=O)c1cc(N)ccc1-n1ncc2ccccc21. The van der Waals surface area contributed by atoms with Crippen LogP contribution in [0.3, 0.4) is 0 Å². The summed E-state index contributed by atoms with van der Waals surface area (Å²) >= 11 is 0. The van der Waals surface area contributed by atoms with Crippen LogP contribution in [0, 0.1) is 0 Å². The van der Waals surface area contributed by atoms with Crippen molar-refractivity contribution >= 4 is 26.6 Å². The van der Waals surface area contributed by atoms with Crippen LogP contribution in [-0.2, 0) is 10.0 Å². The average molecular weight is 302 g/mol. The van der Waals surface area contributed by atoms with Crippen molar-refractivity contribution in [3.8, 4) is 5.69 Å². The van der Waals surface area contributed by atoms with Crippen LogP contribution in [0.2, 0.25) is 0 Å². The van der Waals surface area contributed by atoms with Gasteiger partial charge in [0.05, 0.1) is 17.4 Å². The Balaban J connectivity index is 2.33. The van der Waals surface area contributed by atoms with Crippen molar-refractivity contribution in [1.29, 1.82) is 0 Å². The third kappa shape index (κ3) is 2.26. The fourth-order valence-corrected chi connectivity index (χ4v) is 3.14. The van der Waals surface area contributed by atoms with Gasteiger partial charge in [-0.05, 0) is 31.3 Å². The molecule has 0 aliphatic rings. The summed E-state index contributed by atoms with van der Waals surface area (Å²) in [6, 6.07) is 12.3. The number of aromatic nitrogens is 2. The minimum atomic E-state index is -3.64. The molecule has 7 heteroatoms. The summed E-state index contributed by atoms with van der Waals surface area (Å²) in [5.74, 6) is 0. The Morgan fingerprint density at radius 2 is 1.95 bits per heavy atom. The van der Waals surface area contributed by atoms with Crippen molar-refractivity contribution in [2.75, 3.05) is 12.8 Å². The van der Waals surface area contributed by atoms with Gasteiger partial charge in [0.25, 0.3) is 0 Å². The van der Waals surface area contributed by atoms with Gasteiger partial charge in [0.15, 0.2) is 0 Å². The molecule has 0 saturated carbocycles. The van der Waals surface area contributed by atoms with Crippen molar-refractivity contribution in [2.24, 2.45) is 0 Å². The number of hydrogen-bond acceptors (Lipinski definition) is 4. The smallest absolute Gasteiger partial charge is 0.242 e. The first kappa shape index (κ1) is 13.6. The van der Waals surface area contributed by atoms with E-state index >= 15 is 0 Å². The van der Waals surface area contributed by atoms with Crippen molar-refractivity contribution in [3.05, 3.63) is 48.7 Å². The molecule has 1 aromatic heterocycles. The standard InChI is InChI=1S/C14H14N4O2S/c1-16-21(19,20)14-8-11(15)6-7-13(14)18-12-5-3-2-4-10(12)9-17-18/h2-9,16H,15H2,1H3. The molecule has 0 spiro atoms. The number of nitrogen functional groups attached to an aromatic ring is 1. The quantitative estimate of drug-likeness (QED) is 0.718. The van der Waals surface area contributed by atoms with Crippen LogP contribution in [0.5, 0.6) is 0 Å². The van der Waals surface area contributed by atoms with Crippen molar-refractivity contribution < 1.29 is 8.42 Å². The summed E-state index contributed by atoms with van der Waals surface area (Å²) < 4.78 is 28.3. The van der Waals surface area contributed by atoms with E-state index in [4.69, 9.17) is 5.73 Å². The highest BCUT2D eigenvalue weighted by Gasteiger charge is 2.19. The van der Waals surface area contributed by atoms with E-state index < -0.39 is 10.0 Å². The summed E-state index contributed by atoms with van der Waals surface area (Å²) in [7, 11) is -2.27. The molecule has 0 radical (unpaired) electrons. The Morgan fingerprint density at radius 1 is 1.19 bits per heavy atom. The van der Waals surface area contributed by atoms with E-state index in [1.54, 1.807) is 23.0 Å². The molecule has 3 rings (SSSR count). The lowest BCUT2D eigenvalue weighted by Crippen LogP contribution is -2.21. The van der Waals surface area contributed by atoms with Gasteiger partial charge in [-0.15, -0.1) is 0 Å². The van der Waals surface area contributed by atoms with Crippen LogP contribution in [0.15, 0.2) is 53.6 Å². The van der Waals surface area contributed by atoms with Crippen LogP contribution in [0.4, 0.5) is 5.69 Å². The van der Waals surface area contributed by atoms with E-state index in [1.807, 2.05) is 24.3 Å². The topological polar surface area (TPSA) is 90.0 Å². The molecule has 21 heavy (non-hydrogen) atoms. The van der Waals surface area contributed by atoms with Crippen LogP contribution in [0.1, 0.15) is 0 Å². The molecule has 3 N–H and O–H groups in total. The van der Waals surface area contributed by atoms with Crippen LogP contribution in [-0.4, -0.2) is 25.2 Å². The molecule has 0 fully saturated rings. The Hall–Kier alpha value is -2.38. The van der Waals surface area contributed by atoms with Gasteiger partial charge in [-0.2, -0.15) is 5.10 Å². The van der Waals surface area contributed by atoms with Crippen LogP contribution < -0.4 is 10.5 Å². The lowest BCUT2D eigenvalue weighted by Gasteiger charge is -2.11. The van der Waals surface area contributed by atoms with Crippen molar-refractivity contribution in [1.82, 2.24) is 14.5 Å². The zero-order valence-corrected chi connectivity index (χ0v) is 12.1. The number of fused-ring (bicyclic) bond motifs is 1. The number of para-hydroxylation sites is 1. The number of hydrogen-bond donors (Lipinski definition) is 2. The maximum Gasteiger partial charge on any atom is 0.242 e.